The minimum atomic E-state index is 0.684. The van der Waals surface area contributed by atoms with Crippen LogP contribution in [0.2, 0.25) is 0 Å². The van der Waals surface area contributed by atoms with E-state index in [9.17, 15) is 0 Å². The summed E-state index contributed by atoms with van der Waals surface area (Å²) in [6.07, 6.45) is 6.49. The highest BCUT2D eigenvalue weighted by molar-refractivity contribution is 5.44. The first-order valence-corrected chi connectivity index (χ1v) is 8.83. The van der Waals surface area contributed by atoms with Crippen LogP contribution in [0.1, 0.15) is 24.8 Å². The van der Waals surface area contributed by atoms with E-state index in [1.54, 1.807) is 14.2 Å². The molecule has 0 bridgehead atoms. The lowest BCUT2D eigenvalue weighted by molar-refractivity contribution is 0.354. The van der Waals surface area contributed by atoms with Crippen LogP contribution in [-0.4, -0.2) is 43.8 Å². The molecule has 0 aliphatic carbocycles. The van der Waals surface area contributed by atoms with Crippen molar-refractivity contribution < 1.29 is 9.47 Å². The molecule has 3 rings (SSSR count). The van der Waals surface area contributed by atoms with Crippen molar-refractivity contribution in [2.75, 3.05) is 44.1 Å². The van der Waals surface area contributed by atoms with Crippen molar-refractivity contribution >= 4 is 11.8 Å². The molecule has 2 heterocycles. The lowest BCUT2D eigenvalue weighted by atomic mass is 10.1. The normalized spacial score (nSPS) is 14.2. The second kappa shape index (κ2) is 8.55. The quantitative estimate of drug-likeness (QED) is 0.834. The van der Waals surface area contributed by atoms with Crippen LogP contribution in [0.5, 0.6) is 11.5 Å². The molecule has 0 spiro atoms. The molecule has 0 unspecified atom stereocenters. The van der Waals surface area contributed by atoms with Gasteiger partial charge in [0.05, 0.1) is 14.2 Å². The first kappa shape index (κ1) is 17.3. The molecule has 6 heteroatoms. The molecule has 1 saturated heterocycles. The van der Waals surface area contributed by atoms with Gasteiger partial charge in [-0.2, -0.15) is 4.98 Å². The van der Waals surface area contributed by atoms with E-state index in [1.807, 2.05) is 30.5 Å². The van der Waals surface area contributed by atoms with Crippen LogP contribution in [0.3, 0.4) is 0 Å². The largest absolute Gasteiger partial charge is 0.493 e. The van der Waals surface area contributed by atoms with E-state index in [-0.39, 0.29) is 0 Å². The minimum Gasteiger partial charge on any atom is -0.493 e. The van der Waals surface area contributed by atoms with Gasteiger partial charge in [-0.3, -0.25) is 0 Å². The van der Waals surface area contributed by atoms with E-state index >= 15 is 0 Å². The molecule has 1 N–H and O–H groups in total. The molecular formula is C19H26N4O2. The topological polar surface area (TPSA) is 59.5 Å². The Balaban J connectivity index is 1.57. The van der Waals surface area contributed by atoms with Gasteiger partial charge in [-0.15, -0.1) is 0 Å². The number of piperidine rings is 1. The van der Waals surface area contributed by atoms with E-state index in [4.69, 9.17) is 9.47 Å². The van der Waals surface area contributed by atoms with Crippen LogP contribution in [0.25, 0.3) is 0 Å². The Labute approximate surface area is 149 Å². The van der Waals surface area contributed by atoms with Crippen LogP contribution < -0.4 is 19.7 Å². The second-order valence-corrected chi connectivity index (χ2v) is 6.15. The molecule has 1 aromatic carbocycles. The number of hydrogen-bond donors (Lipinski definition) is 1. The third-order valence-electron chi connectivity index (χ3n) is 4.47. The van der Waals surface area contributed by atoms with E-state index in [1.165, 1.54) is 24.8 Å². The van der Waals surface area contributed by atoms with Crippen molar-refractivity contribution in [3.05, 3.63) is 36.0 Å². The van der Waals surface area contributed by atoms with Crippen molar-refractivity contribution in [2.45, 2.75) is 25.7 Å². The van der Waals surface area contributed by atoms with E-state index in [2.05, 4.69) is 20.2 Å². The number of hydrogen-bond acceptors (Lipinski definition) is 6. The molecule has 1 aliphatic rings. The highest BCUT2D eigenvalue weighted by Gasteiger charge is 2.12. The molecule has 1 fully saturated rings. The van der Waals surface area contributed by atoms with Gasteiger partial charge in [-0.25, -0.2) is 4.98 Å². The van der Waals surface area contributed by atoms with Crippen molar-refractivity contribution in [1.29, 1.82) is 0 Å². The summed E-state index contributed by atoms with van der Waals surface area (Å²) in [5, 5.41) is 3.32. The van der Waals surface area contributed by atoms with Gasteiger partial charge in [0.1, 0.15) is 5.82 Å². The van der Waals surface area contributed by atoms with Crippen molar-refractivity contribution in [2.24, 2.45) is 0 Å². The number of aromatic nitrogens is 2. The van der Waals surface area contributed by atoms with E-state index < -0.39 is 0 Å². The Morgan fingerprint density at radius 3 is 2.60 bits per heavy atom. The Hall–Kier alpha value is -2.50. The number of rotatable bonds is 7. The van der Waals surface area contributed by atoms with Gasteiger partial charge in [-0.05, 0) is 49.4 Å². The molecule has 25 heavy (non-hydrogen) atoms. The molecular weight excluding hydrogens is 316 g/mol. The maximum absolute atomic E-state index is 5.35. The average molecular weight is 342 g/mol. The van der Waals surface area contributed by atoms with Crippen LogP contribution in [0, 0.1) is 0 Å². The SMILES string of the molecule is COc1ccc(CCNc2nccc(N3CCCCC3)n2)cc1OC. The third-order valence-corrected chi connectivity index (χ3v) is 4.47. The Bertz CT molecular complexity index is 687. The zero-order chi connectivity index (χ0) is 17.5. The molecule has 1 aromatic heterocycles. The highest BCUT2D eigenvalue weighted by atomic mass is 16.5. The molecule has 0 amide bonds. The zero-order valence-electron chi connectivity index (χ0n) is 15.0. The molecule has 0 radical (unpaired) electrons. The number of nitrogens with zero attached hydrogens (tertiary/aromatic N) is 3. The summed E-state index contributed by atoms with van der Waals surface area (Å²) in [6.45, 7) is 2.93. The summed E-state index contributed by atoms with van der Waals surface area (Å²) in [7, 11) is 3.30. The number of benzene rings is 1. The van der Waals surface area contributed by atoms with Gasteiger partial charge in [0, 0.05) is 25.8 Å². The maximum Gasteiger partial charge on any atom is 0.224 e. The summed E-state index contributed by atoms with van der Waals surface area (Å²) in [5.74, 6) is 3.20. The smallest absolute Gasteiger partial charge is 0.224 e. The second-order valence-electron chi connectivity index (χ2n) is 6.15. The summed E-state index contributed by atoms with van der Waals surface area (Å²) in [5.41, 5.74) is 1.18. The molecule has 2 aromatic rings. The first-order chi connectivity index (χ1) is 12.3. The summed E-state index contributed by atoms with van der Waals surface area (Å²) >= 11 is 0. The fourth-order valence-corrected chi connectivity index (χ4v) is 3.09. The first-order valence-electron chi connectivity index (χ1n) is 8.83. The monoisotopic (exact) mass is 342 g/mol. The molecule has 0 atom stereocenters. The number of nitrogens with one attached hydrogen (secondary N) is 1. The lowest BCUT2D eigenvalue weighted by Crippen LogP contribution is -2.30. The summed E-state index contributed by atoms with van der Waals surface area (Å²) < 4.78 is 10.6. The fraction of sp³-hybridized carbons (Fsp3) is 0.474. The van der Waals surface area contributed by atoms with Crippen LogP contribution in [-0.2, 0) is 6.42 Å². The van der Waals surface area contributed by atoms with E-state index in [0.717, 1.165) is 43.4 Å². The molecule has 1 aliphatic heterocycles. The zero-order valence-corrected chi connectivity index (χ0v) is 15.0. The van der Waals surface area contributed by atoms with Crippen LogP contribution in [0.15, 0.2) is 30.5 Å². The van der Waals surface area contributed by atoms with E-state index in [0.29, 0.717) is 5.95 Å². The molecule has 134 valence electrons. The van der Waals surface area contributed by atoms with Crippen molar-refractivity contribution in [3.63, 3.8) is 0 Å². The fourth-order valence-electron chi connectivity index (χ4n) is 3.09. The van der Waals surface area contributed by atoms with Crippen LogP contribution in [0.4, 0.5) is 11.8 Å². The predicted molar refractivity (Wildman–Crippen MR) is 99.8 cm³/mol. The Morgan fingerprint density at radius 2 is 1.84 bits per heavy atom. The number of methoxy groups -OCH3 is 2. The third kappa shape index (κ3) is 4.53. The summed E-state index contributed by atoms with van der Waals surface area (Å²) in [6, 6.07) is 7.98. The minimum absolute atomic E-state index is 0.684. The van der Waals surface area contributed by atoms with Gasteiger partial charge in [-0.1, -0.05) is 6.07 Å². The molecule has 6 nitrogen and oxygen atoms in total. The van der Waals surface area contributed by atoms with Gasteiger partial charge < -0.3 is 19.7 Å². The van der Waals surface area contributed by atoms with Gasteiger partial charge in [0.15, 0.2) is 11.5 Å². The predicted octanol–water partition coefficient (Wildman–Crippen LogP) is 3.14. The molecule has 0 saturated carbocycles. The van der Waals surface area contributed by atoms with Gasteiger partial charge in [0.25, 0.3) is 0 Å². The lowest BCUT2D eigenvalue weighted by Gasteiger charge is -2.27. The summed E-state index contributed by atoms with van der Waals surface area (Å²) in [4.78, 5) is 11.3. The average Bonchev–Trinajstić information content (AvgIpc) is 2.69. The number of anilines is 2. The standard InChI is InChI=1S/C19H26N4O2/c1-24-16-7-6-15(14-17(16)25-2)8-10-20-19-21-11-9-18(22-19)23-12-4-3-5-13-23/h6-7,9,11,14H,3-5,8,10,12-13H2,1-2H3,(H,20,21,22). The maximum atomic E-state index is 5.35. The van der Waals surface area contributed by atoms with Crippen molar-refractivity contribution in [3.8, 4) is 11.5 Å². The number of ether oxygens (including phenoxy) is 2. The van der Waals surface area contributed by atoms with Gasteiger partial charge in [0.2, 0.25) is 5.95 Å². The van der Waals surface area contributed by atoms with Crippen molar-refractivity contribution in [1.82, 2.24) is 9.97 Å². The van der Waals surface area contributed by atoms with Gasteiger partial charge >= 0.3 is 0 Å². The Kier molecular flexibility index (Phi) is 5.93. The highest BCUT2D eigenvalue weighted by Crippen LogP contribution is 2.27. The van der Waals surface area contributed by atoms with Crippen LogP contribution >= 0.6 is 0 Å². The Morgan fingerprint density at radius 1 is 1.04 bits per heavy atom.